The van der Waals surface area contributed by atoms with E-state index in [1.807, 2.05) is 0 Å². The molecule has 0 saturated carbocycles. The summed E-state index contributed by atoms with van der Waals surface area (Å²) in [4.78, 5) is 4.16. The summed E-state index contributed by atoms with van der Waals surface area (Å²) in [6.45, 7) is 1.44. The molecule has 0 N–H and O–H groups in total. The molecule has 9 heteroatoms. The molecule has 23 heavy (non-hydrogen) atoms. The molecule has 124 valence electrons. The molecule has 0 aliphatic heterocycles. The van der Waals surface area contributed by atoms with Crippen LogP contribution in [0, 0.1) is 11.6 Å². The Hall–Kier alpha value is -0.900. The average molecular weight is 471 g/mol. The zero-order chi connectivity index (χ0) is 17.2. The molecule has 1 aromatic carbocycles. The van der Waals surface area contributed by atoms with Crippen molar-refractivity contribution in [2.45, 2.75) is 12.7 Å². The third-order valence-corrected chi connectivity index (χ3v) is 5.16. The van der Waals surface area contributed by atoms with Gasteiger partial charge in [-0.1, -0.05) is 0 Å². The Morgan fingerprint density at radius 1 is 1.22 bits per heavy atom. The van der Waals surface area contributed by atoms with E-state index in [-0.39, 0.29) is 23.4 Å². The minimum Gasteiger partial charge on any atom is -0.270 e. The van der Waals surface area contributed by atoms with Gasteiger partial charge in [-0.05, 0) is 57.0 Å². The van der Waals surface area contributed by atoms with Crippen LogP contribution in [0.25, 0.3) is 11.3 Å². The van der Waals surface area contributed by atoms with Crippen LogP contribution in [-0.2, 0) is 20.1 Å². The third-order valence-electron chi connectivity index (χ3n) is 2.85. The fourth-order valence-corrected chi connectivity index (χ4v) is 3.80. The van der Waals surface area contributed by atoms with Crippen LogP contribution in [0.4, 0.5) is 8.78 Å². The van der Waals surface area contributed by atoms with E-state index < -0.39 is 27.5 Å². The van der Waals surface area contributed by atoms with Gasteiger partial charge in [0.1, 0.15) is 22.0 Å². The molecule has 0 spiro atoms. The van der Waals surface area contributed by atoms with Gasteiger partial charge in [-0.25, -0.2) is 13.8 Å². The molecule has 1 aromatic heterocycles. The molecular formula is C14H11Br2F2NO3S. The van der Waals surface area contributed by atoms with E-state index in [0.29, 0.717) is 15.1 Å². The standard InChI is InChI=1S/C14H11Br2F2NO3S/c1-2-22-23(20,21)7-10-9(5-8(17)6-12(10)18)14-11(15)3-4-13(16)19-14/h3-6H,2,7H2,1H3. The van der Waals surface area contributed by atoms with Crippen LogP contribution in [-0.4, -0.2) is 20.0 Å². The number of hydrogen-bond acceptors (Lipinski definition) is 4. The number of halogens is 4. The topological polar surface area (TPSA) is 56.3 Å². The van der Waals surface area contributed by atoms with Crippen molar-refractivity contribution >= 4 is 42.0 Å². The van der Waals surface area contributed by atoms with Gasteiger partial charge in [0.15, 0.2) is 0 Å². The largest absolute Gasteiger partial charge is 0.271 e. The minimum atomic E-state index is -3.99. The zero-order valence-corrected chi connectivity index (χ0v) is 15.8. The second-order valence-corrected chi connectivity index (χ2v) is 7.79. The summed E-state index contributed by atoms with van der Waals surface area (Å²) in [5.41, 5.74) is 0.0598. The summed E-state index contributed by atoms with van der Waals surface area (Å²) in [7, 11) is -3.99. The average Bonchev–Trinajstić information content (AvgIpc) is 2.44. The van der Waals surface area contributed by atoms with Gasteiger partial charge in [-0.2, -0.15) is 8.42 Å². The number of nitrogens with zero attached hydrogens (tertiary/aromatic N) is 1. The van der Waals surface area contributed by atoms with E-state index in [2.05, 4.69) is 41.0 Å². The second-order valence-electron chi connectivity index (χ2n) is 4.49. The molecule has 0 aliphatic rings. The van der Waals surface area contributed by atoms with Crippen LogP contribution < -0.4 is 0 Å². The summed E-state index contributed by atoms with van der Waals surface area (Å²) in [6, 6.07) is 4.95. The molecular weight excluding hydrogens is 460 g/mol. The molecule has 0 amide bonds. The van der Waals surface area contributed by atoms with Crippen molar-refractivity contribution in [3.05, 3.63) is 50.5 Å². The molecule has 0 bridgehead atoms. The van der Waals surface area contributed by atoms with E-state index in [4.69, 9.17) is 0 Å². The van der Waals surface area contributed by atoms with Gasteiger partial charge >= 0.3 is 0 Å². The normalized spacial score (nSPS) is 11.7. The Kier molecular flexibility index (Phi) is 5.88. The Labute approximate surface area is 149 Å². The lowest BCUT2D eigenvalue weighted by atomic mass is 10.0. The van der Waals surface area contributed by atoms with Gasteiger partial charge in [0.2, 0.25) is 0 Å². The lowest BCUT2D eigenvalue weighted by Crippen LogP contribution is -2.11. The summed E-state index contributed by atoms with van der Waals surface area (Å²) in [5.74, 6) is -2.52. The number of hydrogen-bond donors (Lipinski definition) is 0. The first kappa shape index (κ1) is 18.4. The quantitative estimate of drug-likeness (QED) is 0.479. The Balaban J connectivity index is 2.66. The van der Waals surface area contributed by atoms with Crippen molar-refractivity contribution in [1.29, 1.82) is 0 Å². The maximum absolute atomic E-state index is 14.2. The fraction of sp³-hybridized carbons (Fsp3) is 0.214. The second kappa shape index (κ2) is 7.33. The van der Waals surface area contributed by atoms with Crippen LogP contribution in [0.5, 0.6) is 0 Å². The highest BCUT2D eigenvalue weighted by Gasteiger charge is 2.22. The molecule has 0 atom stereocenters. The molecule has 2 rings (SSSR count). The highest BCUT2D eigenvalue weighted by Crippen LogP contribution is 2.33. The molecule has 1 heterocycles. The van der Waals surface area contributed by atoms with Gasteiger partial charge in [0, 0.05) is 21.7 Å². The number of rotatable bonds is 5. The number of benzene rings is 1. The Morgan fingerprint density at radius 2 is 1.91 bits per heavy atom. The highest BCUT2D eigenvalue weighted by molar-refractivity contribution is 9.11. The van der Waals surface area contributed by atoms with Crippen LogP contribution in [0.3, 0.4) is 0 Å². The molecule has 2 aromatic rings. The molecule has 0 aliphatic carbocycles. The lowest BCUT2D eigenvalue weighted by Gasteiger charge is -2.13. The van der Waals surface area contributed by atoms with Gasteiger partial charge < -0.3 is 0 Å². The first-order valence-corrected chi connectivity index (χ1v) is 9.57. The predicted octanol–water partition coefficient (Wildman–Crippen LogP) is 4.42. The van der Waals surface area contributed by atoms with E-state index >= 15 is 0 Å². The smallest absolute Gasteiger partial charge is 0.270 e. The summed E-state index contributed by atoms with van der Waals surface area (Å²) in [5, 5.41) is 0. The minimum absolute atomic E-state index is 0.0407. The van der Waals surface area contributed by atoms with Crippen LogP contribution in [0.1, 0.15) is 12.5 Å². The first-order valence-electron chi connectivity index (χ1n) is 6.41. The molecule has 0 fully saturated rings. The fourth-order valence-electron chi connectivity index (χ4n) is 1.97. The predicted molar refractivity (Wildman–Crippen MR) is 89.2 cm³/mol. The van der Waals surface area contributed by atoms with Gasteiger partial charge in [0.25, 0.3) is 10.1 Å². The molecule has 0 radical (unpaired) electrons. The van der Waals surface area contributed by atoms with Crippen molar-refractivity contribution in [2.75, 3.05) is 6.61 Å². The first-order chi connectivity index (χ1) is 10.7. The van der Waals surface area contributed by atoms with Crippen molar-refractivity contribution in [1.82, 2.24) is 4.98 Å². The van der Waals surface area contributed by atoms with E-state index in [1.54, 1.807) is 12.1 Å². The van der Waals surface area contributed by atoms with Crippen molar-refractivity contribution in [3.8, 4) is 11.3 Å². The Morgan fingerprint density at radius 3 is 2.57 bits per heavy atom. The van der Waals surface area contributed by atoms with Crippen LogP contribution in [0.15, 0.2) is 33.3 Å². The maximum atomic E-state index is 14.2. The number of pyridine rings is 1. The molecule has 4 nitrogen and oxygen atoms in total. The Bertz CT molecular complexity index is 844. The zero-order valence-electron chi connectivity index (χ0n) is 11.8. The van der Waals surface area contributed by atoms with E-state index in [1.165, 1.54) is 6.92 Å². The molecule has 0 saturated heterocycles. The third kappa shape index (κ3) is 4.56. The molecule has 0 unspecified atom stereocenters. The number of aromatic nitrogens is 1. The summed E-state index contributed by atoms with van der Waals surface area (Å²) in [6.07, 6.45) is 0. The SMILES string of the molecule is CCOS(=O)(=O)Cc1c(F)cc(F)cc1-c1nc(Br)ccc1Br. The van der Waals surface area contributed by atoms with Crippen LogP contribution in [0.2, 0.25) is 0 Å². The van der Waals surface area contributed by atoms with Crippen molar-refractivity contribution in [3.63, 3.8) is 0 Å². The monoisotopic (exact) mass is 469 g/mol. The van der Waals surface area contributed by atoms with Crippen molar-refractivity contribution in [2.24, 2.45) is 0 Å². The highest BCUT2D eigenvalue weighted by atomic mass is 79.9. The van der Waals surface area contributed by atoms with Crippen molar-refractivity contribution < 1.29 is 21.4 Å². The van der Waals surface area contributed by atoms with Gasteiger partial charge in [-0.3, -0.25) is 4.18 Å². The summed E-state index contributed by atoms with van der Waals surface area (Å²) >= 11 is 6.43. The van der Waals surface area contributed by atoms with E-state index in [0.717, 1.165) is 6.07 Å². The maximum Gasteiger partial charge on any atom is 0.271 e. The van der Waals surface area contributed by atoms with Gasteiger partial charge in [0.05, 0.1) is 12.3 Å². The van der Waals surface area contributed by atoms with E-state index in [9.17, 15) is 17.2 Å². The lowest BCUT2D eigenvalue weighted by molar-refractivity contribution is 0.337. The van der Waals surface area contributed by atoms with Gasteiger partial charge in [-0.15, -0.1) is 0 Å². The van der Waals surface area contributed by atoms with Crippen LogP contribution >= 0.6 is 31.9 Å². The summed E-state index contributed by atoms with van der Waals surface area (Å²) < 4.78 is 57.1.